The topological polar surface area (TPSA) is 66.4 Å². The number of anilines is 1. The maximum Gasteiger partial charge on any atom is 0.337 e. The molecule has 4 nitrogen and oxygen atoms in total. The van der Waals surface area contributed by atoms with E-state index in [9.17, 15) is 18.4 Å². The summed E-state index contributed by atoms with van der Waals surface area (Å²) in [5.41, 5.74) is -0.695. The summed E-state index contributed by atoms with van der Waals surface area (Å²) in [5, 5.41) is 11.4. The second-order valence-corrected chi connectivity index (χ2v) is 6.35. The summed E-state index contributed by atoms with van der Waals surface area (Å²) in [6.45, 7) is 1.75. The number of halogens is 2. The van der Waals surface area contributed by atoms with Crippen LogP contribution in [0.3, 0.4) is 0 Å². The van der Waals surface area contributed by atoms with Crippen molar-refractivity contribution in [1.82, 2.24) is 0 Å². The van der Waals surface area contributed by atoms with Crippen molar-refractivity contribution in [3.63, 3.8) is 0 Å². The Hall–Kier alpha value is -1.63. The van der Waals surface area contributed by atoms with Crippen LogP contribution < -0.4 is 5.32 Å². The van der Waals surface area contributed by atoms with E-state index in [2.05, 4.69) is 5.32 Å². The maximum atomic E-state index is 13.2. The number of hydrogen-bond donors (Lipinski definition) is 2. The molecule has 0 radical (unpaired) electrons. The minimum Gasteiger partial charge on any atom is -0.478 e. The van der Waals surface area contributed by atoms with Gasteiger partial charge in [0.15, 0.2) is 11.6 Å². The first kappa shape index (κ1) is 14.8. The SMILES string of the molecule is CC1(C(=O)Nc2cc(F)c(F)cc2C(=O)O)CCCS1. The Morgan fingerprint density at radius 1 is 1.35 bits per heavy atom. The van der Waals surface area contributed by atoms with Gasteiger partial charge in [0.05, 0.1) is 16.0 Å². The number of hydrogen-bond acceptors (Lipinski definition) is 3. The molecule has 1 saturated heterocycles. The van der Waals surface area contributed by atoms with Crippen molar-refractivity contribution in [2.75, 3.05) is 11.1 Å². The molecular weight excluding hydrogens is 288 g/mol. The van der Waals surface area contributed by atoms with Gasteiger partial charge in [-0.1, -0.05) is 0 Å². The van der Waals surface area contributed by atoms with E-state index in [1.165, 1.54) is 11.8 Å². The van der Waals surface area contributed by atoms with E-state index >= 15 is 0 Å². The zero-order valence-corrected chi connectivity index (χ0v) is 11.5. The van der Waals surface area contributed by atoms with Gasteiger partial charge in [-0.25, -0.2) is 13.6 Å². The quantitative estimate of drug-likeness (QED) is 0.901. The third kappa shape index (κ3) is 2.77. The fourth-order valence-corrected chi connectivity index (χ4v) is 3.25. The van der Waals surface area contributed by atoms with Crippen molar-refractivity contribution in [3.8, 4) is 0 Å². The molecule has 1 atom stereocenters. The molecule has 7 heteroatoms. The van der Waals surface area contributed by atoms with Crippen molar-refractivity contribution < 1.29 is 23.5 Å². The molecule has 1 aliphatic rings. The molecule has 1 aromatic rings. The lowest BCUT2D eigenvalue weighted by Crippen LogP contribution is -2.35. The van der Waals surface area contributed by atoms with Crippen LogP contribution in [-0.2, 0) is 4.79 Å². The molecule has 1 heterocycles. The number of rotatable bonds is 3. The van der Waals surface area contributed by atoms with Crippen LogP contribution in [0.2, 0.25) is 0 Å². The van der Waals surface area contributed by atoms with E-state index in [4.69, 9.17) is 5.11 Å². The number of nitrogens with one attached hydrogen (secondary N) is 1. The third-order valence-electron chi connectivity index (χ3n) is 3.24. The van der Waals surface area contributed by atoms with Gasteiger partial charge in [0.1, 0.15) is 0 Å². The maximum absolute atomic E-state index is 13.2. The Bertz CT molecular complexity index is 571. The molecule has 0 saturated carbocycles. The second kappa shape index (κ2) is 5.40. The van der Waals surface area contributed by atoms with Crippen molar-refractivity contribution in [1.29, 1.82) is 0 Å². The van der Waals surface area contributed by atoms with Crippen molar-refractivity contribution in [3.05, 3.63) is 29.3 Å². The highest BCUT2D eigenvalue weighted by atomic mass is 32.2. The van der Waals surface area contributed by atoms with E-state index in [0.717, 1.165) is 12.2 Å². The Kier molecular flexibility index (Phi) is 3.99. The van der Waals surface area contributed by atoms with E-state index in [1.54, 1.807) is 6.92 Å². The van der Waals surface area contributed by atoms with Gasteiger partial charge in [0, 0.05) is 6.07 Å². The minimum atomic E-state index is -1.43. The first-order chi connectivity index (χ1) is 9.33. The molecule has 1 aromatic carbocycles. The Morgan fingerprint density at radius 2 is 2.00 bits per heavy atom. The predicted octanol–water partition coefficient (Wildman–Crippen LogP) is 2.89. The first-order valence-electron chi connectivity index (χ1n) is 6.01. The molecule has 2 rings (SSSR count). The van der Waals surface area contributed by atoms with Crippen LogP contribution in [0, 0.1) is 11.6 Å². The summed E-state index contributed by atoms with van der Waals surface area (Å²) in [7, 11) is 0. The second-order valence-electron chi connectivity index (χ2n) is 4.75. The van der Waals surface area contributed by atoms with Crippen LogP contribution in [0.5, 0.6) is 0 Å². The minimum absolute atomic E-state index is 0.227. The normalized spacial score (nSPS) is 21.8. The Balaban J connectivity index is 2.31. The molecule has 0 spiro atoms. The number of benzene rings is 1. The van der Waals surface area contributed by atoms with Crippen LogP contribution in [0.4, 0.5) is 14.5 Å². The van der Waals surface area contributed by atoms with Gasteiger partial charge in [-0.2, -0.15) is 0 Å². The monoisotopic (exact) mass is 301 g/mol. The van der Waals surface area contributed by atoms with Gasteiger partial charge in [-0.3, -0.25) is 4.79 Å². The standard InChI is InChI=1S/C13H13F2NO3S/c1-13(3-2-4-20-13)12(19)16-10-6-9(15)8(14)5-7(10)11(17)18/h5-6H,2-4H2,1H3,(H,16,19)(H,17,18). The fraction of sp³-hybridized carbons (Fsp3) is 0.385. The lowest BCUT2D eigenvalue weighted by molar-refractivity contribution is -0.118. The van der Waals surface area contributed by atoms with E-state index < -0.39 is 33.8 Å². The van der Waals surface area contributed by atoms with Gasteiger partial charge in [-0.15, -0.1) is 11.8 Å². The molecule has 20 heavy (non-hydrogen) atoms. The van der Waals surface area contributed by atoms with E-state index in [-0.39, 0.29) is 5.69 Å². The van der Waals surface area contributed by atoms with Crippen molar-refractivity contribution in [2.24, 2.45) is 0 Å². The number of aromatic carboxylic acids is 1. The molecule has 108 valence electrons. The van der Waals surface area contributed by atoms with Gasteiger partial charge >= 0.3 is 5.97 Å². The Morgan fingerprint density at radius 3 is 2.55 bits per heavy atom. The van der Waals surface area contributed by atoms with Gasteiger partial charge < -0.3 is 10.4 Å². The molecule has 1 aliphatic heterocycles. The predicted molar refractivity (Wildman–Crippen MR) is 72.0 cm³/mol. The number of carbonyl (C=O) groups is 2. The lowest BCUT2D eigenvalue weighted by atomic mass is 10.0. The van der Waals surface area contributed by atoms with Crippen LogP contribution in [0.25, 0.3) is 0 Å². The van der Waals surface area contributed by atoms with Crippen molar-refractivity contribution >= 4 is 29.3 Å². The summed E-state index contributed by atoms with van der Waals surface area (Å²) in [5.74, 6) is -3.44. The van der Waals surface area contributed by atoms with Crippen LogP contribution >= 0.6 is 11.8 Å². The van der Waals surface area contributed by atoms with Crippen LogP contribution in [-0.4, -0.2) is 27.5 Å². The molecule has 1 fully saturated rings. The highest BCUT2D eigenvalue weighted by molar-refractivity contribution is 8.01. The summed E-state index contributed by atoms with van der Waals surface area (Å²) < 4.78 is 25.6. The highest BCUT2D eigenvalue weighted by Gasteiger charge is 2.37. The molecule has 0 aromatic heterocycles. The molecule has 0 bridgehead atoms. The smallest absolute Gasteiger partial charge is 0.337 e. The number of carbonyl (C=O) groups excluding carboxylic acids is 1. The molecule has 0 aliphatic carbocycles. The summed E-state index contributed by atoms with van der Waals surface area (Å²) in [4.78, 5) is 23.2. The first-order valence-corrected chi connectivity index (χ1v) is 7.00. The number of amides is 1. The highest BCUT2D eigenvalue weighted by Crippen LogP contribution is 2.38. The molecule has 1 amide bonds. The number of thioether (sulfide) groups is 1. The number of carboxylic acid groups (broad SMARTS) is 1. The largest absolute Gasteiger partial charge is 0.478 e. The van der Waals surface area contributed by atoms with Crippen molar-refractivity contribution in [2.45, 2.75) is 24.5 Å². The summed E-state index contributed by atoms with van der Waals surface area (Å²) in [6.07, 6.45) is 1.55. The zero-order valence-electron chi connectivity index (χ0n) is 10.7. The van der Waals surface area contributed by atoms with Gasteiger partial charge in [-0.05, 0) is 31.6 Å². The molecule has 1 unspecified atom stereocenters. The fourth-order valence-electron chi connectivity index (χ4n) is 2.04. The van der Waals surface area contributed by atoms with E-state index in [0.29, 0.717) is 18.6 Å². The molecule has 2 N–H and O–H groups in total. The zero-order chi connectivity index (χ0) is 14.9. The summed E-state index contributed by atoms with van der Waals surface area (Å²) >= 11 is 1.47. The molecular formula is C13H13F2NO3S. The third-order valence-corrected chi connectivity index (χ3v) is 4.76. The van der Waals surface area contributed by atoms with Crippen LogP contribution in [0.15, 0.2) is 12.1 Å². The van der Waals surface area contributed by atoms with Crippen LogP contribution in [0.1, 0.15) is 30.1 Å². The summed E-state index contributed by atoms with van der Waals surface area (Å²) in [6, 6.07) is 1.26. The van der Waals surface area contributed by atoms with Gasteiger partial charge in [0.25, 0.3) is 0 Å². The number of carboxylic acids is 1. The van der Waals surface area contributed by atoms with Gasteiger partial charge in [0.2, 0.25) is 5.91 Å². The Labute approximate surface area is 118 Å². The lowest BCUT2D eigenvalue weighted by Gasteiger charge is -2.22. The average Bonchev–Trinajstić information content (AvgIpc) is 2.81. The van der Waals surface area contributed by atoms with E-state index in [1.807, 2.05) is 0 Å². The average molecular weight is 301 g/mol.